The number of benzene rings is 2. The van der Waals surface area contributed by atoms with Gasteiger partial charge in [0.1, 0.15) is 17.5 Å². The van der Waals surface area contributed by atoms with Crippen molar-refractivity contribution in [1.29, 1.82) is 0 Å². The molecule has 2 heterocycles. The van der Waals surface area contributed by atoms with Crippen molar-refractivity contribution >= 4 is 38.5 Å². The average molecular weight is 484 g/mol. The molecule has 0 saturated carbocycles. The standard InChI is InChI=1S/C21H17BrF3NO2S/c22-13-6-7-16(23)14(8-13)21-11-28-19(20(24)25)15(21)10-29-18(26-21)9-17(27)12-4-2-1-3-5-12/h1-8,15,19-20H,9-11H2/t15-,19+,21-/m0/s1. The van der Waals surface area contributed by atoms with Crippen LogP contribution in [0, 0.1) is 11.7 Å². The number of nitrogens with zero attached hydrogens (tertiary/aromatic N) is 1. The van der Waals surface area contributed by atoms with Gasteiger partial charge in [-0.2, -0.15) is 0 Å². The molecule has 0 spiro atoms. The Balaban J connectivity index is 1.74. The summed E-state index contributed by atoms with van der Waals surface area (Å²) in [5.74, 6) is -1.06. The molecule has 0 aromatic heterocycles. The van der Waals surface area contributed by atoms with Gasteiger partial charge < -0.3 is 4.74 Å². The fraction of sp³-hybridized carbons (Fsp3) is 0.333. The topological polar surface area (TPSA) is 38.7 Å². The lowest BCUT2D eigenvalue weighted by molar-refractivity contribution is -0.0359. The number of halogens is 4. The van der Waals surface area contributed by atoms with Gasteiger partial charge in [0.05, 0.1) is 18.1 Å². The van der Waals surface area contributed by atoms with Crippen molar-refractivity contribution in [1.82, 2.24) is 0 Å². The van der Waals surface area contributed by atoms with E-state index in [-0.39, 0.29) is 30.1 Å². The zero-order chi connectivity index (χ0) is 20.6. The second kappa shape index (κ2) is 8.24. The summed E-state index contributed by atoms with van der Waals surface area (Å²) in [5, 5.41) is 0.507. The SMILES string of the molecule is O=C(CC1=N[C@]2(c3cc(Br)ccc3F)CO[C@@H](C(F)F)[C@@H]2CS1)c1ccccc1. The zero-order valence-electron chi connectivity index (χ0n) is 15.2. The molecule has 0 radical (unpaired) electrons. The molecule has 0 N–H and O–H groups in total. The molecule has 0 amide bonds. The highest BCUT2D eigenvalue weighted by atomic mass is 79.9. The number of alkyl halides is 2. The third-order valence-electron chi connectivity index (χ3n) is 5.31. The van der Waals surface area contributed by atoms with E-state index in [0.29, 0.717) is 15.1 Å². The Hall–Kier alpha value is -1.64. The van der Waals surface area contributed by atoms with Gasteiger partial charge in [-0.25, -0.2) is 13.2 Å². The monoisotopic (exact) mass is 483 g/mol. The molecule has 3 nitrogen and oxygen atoms in total. The molecule has 0 aliphatic carbocycles. The van der Waals surface area contributed by atoms with Crippen LogP contribution < -0.4 is 0 Å². The van der Waals surface area contributed by atoms with E-state index in [1.165, 1.54) is 17.8 Å². The third-order valence-corrected chi connectivity index (χ3v) is 6.90. The number of carbonyl (C=O) groups is 1. The number of carbonyl (C=O) groups excluding carboxylic acids is 1. The molecule has 2 aliphatic heterocycles. The van der Waals surface area contributed by atoms with Crippen LogP contribution in [0.15, 0.2) is 58.0 Å². The molecule has 29 heavy (non-hydrogen) atoms. The first kappa shape index (κ1) is 20.6. The highest BCUT2D eigenvalue weighted by molar-refractivity contribution is 9.10. The molecule has 0 bridgehead atoms. The Morgan fingerprint density at radius 3 is 2.76 bits per heavy atom. The van der Waals surface area contributed by atoms with E-state index >= 15 is 0 Å². The summed E-state index contributed by atoms with van der Waals surface area (Å²) >= 11 is 4.59. The highest BCUT2D eigenvalue weighted by Crippen LogP contribution is 2.50. The fourth-order valence-corrected chi connectivity index (χ4v) is 5.54. The first-order chi connectivity index (χ1) is 13.9. The Bertz CT molecular complexity index is 956. The maximum absolute atomic E-state index is 14.8. The summed E-state index contributed by atoms with van der Waals surface area (Å²) < 4.78 is 47.9. The van der Waals surface area contributed by atoms with Crippen LogP contribution in [0.2, 0.25) is 0 Å². The van der Waals surface area contributed by atoms with Gasteiger partial charge in [0.25, 0.3) is 6.43 Å². The van der Waals surface area contributed by atoms with Crippen molar-refractivity contribution in [2.75, 3.05) is 12.4 Å². The van der Waals surface area contributed by atoms with Crippen LogP contribution in [-0.4, -0.2) is 35.7 Å². The van der Waals surface area contributed by atoms with Crippen molar-refractivity contribution < 1.29 is 22.7 Å². The molecule has 2 aromatic carbocycles. The van der Waals surface area contributed by atoms with Crippen LogP contribution >= 0.6 is 27.7 Å². The minimum atomic E-state index is -2.69. The number of ether oxygens (including phenoxy) is 1. The third kappa shape index (κ3) is 3.90. The molecule has 2 aromatic rings. The first-order valence-corrected chi connectivity index (χ1v) is 10.8. The number of ketones is 1. The predicted octanol–water partition coefficient (Wildman–Crippen LogP) is 5.48. The van der Waals surface area contributed by atoms with Crippen molar-refractivity contribution in [2.45, 2.75) is 24.5 Å². The van der Waals surface area contributed by atoms with Crippen molar-refractivity contribution in [3.8, 4) is 0 Å². The number of rotatable bonds is 5. The number of hydrogen-bond acceptors (Lipinski definition) is 4. The summed E-state index contributed by atoms with van der Waals surface area (Å²) in [6, 6.07) is 13.2. The number of Topliss-reactive ketones (excluding diaryl/α,β-unsaturated/α-hetero) is 1. The van der Waals surface area contributed by atoms with Gasteiger partial charge in [-0.05, 0) is 18.2 Å². The summed E-state index contributed by atoms with van der Waals surface area (Å²) in [4.78, 5) is 17.3. The van der Waals surface area contributed by atoms with Crippen LogP contribution in [0.5, 0.6) is 0 Å². The molecule has 152 valence electrons. The lowest BCUT2D eigenvalue weighted by Crippen LogP contribution is -2.43. The zero-order valence-corrected chi connectivity index (χ0v) is 17.6. The number of aliphatic imine (C=N–C) groups is 1. The lowest BCUT2D eigenvalue weighted by atomic mass is 9.78. The maximum Gasteiger partial charge on any atom is 0.264 e. The van der Waals surface area contributed by atoms with Crippen molar-refractivity contribution in [3.63, 3.8) is 0 Å². The molecule has 8 heteroatoms. The summed E-state index contributed by atoms with van der Waals surface area (Å²) in [7, 11) is 0. The Labute approximate surface area is 178 Å². The van der Waals surface area contributed by atoms with Gasteiger partial charge in [0, 0.05) is 27.3 Å². The second-order valence-electron chi connectivity index (χ2n) is 7.05. The van der Waals surface area contributed by atoms with Crippen LogP contribution in [0.3, 0.4) is 0 Å². The van der Waals surface area contributed by atoms with Gasteiger partial charge in [-0.15, -0.1) is 11.8 Å². The van der Waals surface area contributed by atoms with Gasteiger partial charge in [0.15, 0.2) is 5.78 Å². The number of fused-ring (bicyclic) bond motifs is 1. The van der Waals surface area contributed by atoms with Gasteiger partial charge in [-0.3, -0.25) is 9.79 Å². The van der Waals surface area contributed by atoms with E-state index in [2.05, 4.69) is 20.9 Å². The Kier molecular flexibility index (Phi) is 5.86. The van der Waals surface area contributed by atoms with Crippen LogP contribution in [0.25, 0.3) is 0 Å². The highest BCUT2D eigenvalue weighted by Gasteiger charge is 2.56. The average Bonchev–Trinajstić information content (AvgIpc) is 3.10. The van der Waals surface area contributed by atoms with E-state index in [1.54, 1.807) is 36.4 Å². The Morgan fingerprint density at radius 2 is 2.03 bits per heavy atom. The van der Waals surface area contributed by atoms with Gasteiger partial charge in [-0.1, -0.05) is 46.3 Å². The molecule has 1 fully saturated rings. The molecule has 4 rings (SSSR count). The predicted molar refractivity (Wildman–Crippen MR) is 110 cm³/mol. The van der Waals surface area contributed by atoms with E-state index in [9.17, 15) is 18.0 Å². The van der Waals surface area contributed by atoms with E-state index < -0.39 is 29.8 Å². The van der Waals surface area contributed by atoms with Crippen LogP contribution in [0.1, 0.15) is 22.3 Å². The quantitative estimate of drug-likeness (QED) is 0.528. The molecule has 2 aliphatic rings. The van der Waals surface area contributed by atoms with Crippen molar-refractivity contribution in [2.24, 2.45) is 10.9 Å². The molecular weight excluding hydrogens is 467 g/mol. The first-order valence-electron chi connectivity index (χ1n) is 9.06. The van der Waals surface area contributed by atoms with E-state index in [0.717, 1.165) is 0 Å². The van der Waals surface area contributed by atoms with Gasteiger partial charge >= 0.3 is 0 Å². The van der Waals surface area contributed by atoms with Crippen LogP contribution in [0.4, 0.5) is 13.2 Å². The number of hydrogen-bond donors (Lipinski definition) is 0. The largest absolute Gasteiger partial charge is 0.369 e. The molecule has 1 saturated heterocycles. The summed E-state index contributed by atoms with van der Waals surface area (Å²) in [5.41, 5.74) is -0.509. The smallest absolute Gasteiger partial charge is 0.264 e. The minimum absolute atomic E-state index is 0.0398. The number of thioether (sulfide) groups is 1. The summed E-state index contributed by atoms with van der Waals surface area (Å²) in [6.07, 6.45) is -3.98. The molecule has 3 atom stereocenters. The second-order valence-corrected chi connectivity index (χ2v) is 9.06. The molecule has 0 unspecified atom stereocenters. The van der Waals surface area contributed by atoms with Gasteiger partial charge in [0.2, 0.25) is 0 Å². The van der Waals surface area contributed by atoms with E-state index in [1.807, 2.05) is 6.07 Å². The fourth-order valence-electron chi connectivity index (χ4n) is 3.88. The summed E-state index contributed by atoms with van der Waals surface area (Å²) in [6.45, 7) is -0.149. The minimum Gasteiger partial charge on any atom is -0.369 e. The molecular formula is C21H17BrF3NO2S. The van der Waals surface area contributed by atoms with Crippen LogP contribution in [-0.2, 0) is 10.3 Å². The normalized spacial score (nSPS) is 26.3. The lowest BCUT2D eigenvalue weighted by Gasteiger charge is -2.36. The van der Waals surface area contributed by atoms with Crippen molar-refractivity contribution in [3.05, 3.63) is 69.9 Å². The van der Waals surface area contributed by atoms with E-state index in [4.69, 9.17) is 4.74 Å². The maximum atomic E-state index is 14.8. The Morgan fingerprint density at radius 1 is 1.28 bits per heavy atom.